The molecule has 0 radical (unpaired) electrons. The number of rotatable bonds is 5. The van der Waals surface area contributed by atoms with Crippen LogP contribution in [0.25, 0.3) is 10.9 Å². The molecule has 1 unspecified atom stereocenters. The molecule has 0 aromatic carbocycles. The van der Waals surface area contributed by atoms with Gasteiger partial charge in [0.1, 0.15) is 11.1 Å². The summed E-state index contributed by atoms with van der Waals surface area (Å²) in [6, 6.07) is 0. The minimum absolute atomic E-state index is 0.0305. The number of hydrogen-bond acceptors (Lipinski definition) is 6. The summed E-state index contributed by atoms with van der Waals surface area (Å²) in [7, 11) is -1.61. The first kappa shape index (κ1) is 21.4. The molecule has 160 valence electrons. The van der Waals surface area contributed by atoms with Gasteiger partial charge in [0.2, 0.25) is 10.0 Å². The molecule has 1 aliphatic rings. The summed E-state index contributed by atoms with van der Waals surface area (Å²) in [5, 5.41) is 18.6. The first-order valence-electron chi connectivity index (χ1n) is 8.81. The average molecular weight is 564 g/mol. The number of aryl methyl sites for hydroxylation is 1. The lowest BCUT2D eigenvalue weighted by Gasteiger charge is -2.25. The lowest BCUT2D eigenvalue weighted by Crippen LogP contribution is -2.35. The van der Waals surface area contributed by atoms with E-state index in [0.717, 1.165) is 11.3 Å². The SMILES string of the molecule is Cn1c2c(c3cnn(Cc4nn(PI)cc4C(=O)O)c(=O)c31)CCN(S(C)(=O)=O)C2. The van der Waals surface area contributed by atoms with Crippen molar-refractivity contribution < 1.29 is 18.3 Å². The van der Waals surface area contributed by atoms with Crippen LogP contribution in [0.1, 0.15) is 27.3 Å². The Kier molecular flexibility index (Phi) is 5.49. The monoisotopic (exact) mass is 564 g/mol. The summed E-state index contributed by atoms with van der Waals surface area (Å²) < 4.78 is 29.7. The Morgan fingerprint density at radius 1 is 1.40 bits per heavy atom. The number of carbonyl (C=O) groups is 1. The van der Waals surface area contributed by atoms with Crippen LogP contribution < -0.4 is 5.56 Å². The van der Waals surface area contributed by atoms with E-state index >= 15 is 0 Å². The van der Waals surface area contributed by atoms with Crippen LogP contribution in [-0.4, -0.2) is 60.5 Å². The highest BCUT2D eigenvalue weighted by atomic mass is 127. The summed E-state index contributed by atoms with van der Waals surface area (Å²) in [5.74, 6) is -1.12. The van der Waals surface area contributed by atoms with E-state index in [0.29, 0.717) is 23.9 Å². The van der Waals surface area contributed by atoms with Crippen LogP contribution in [0, 0.1) is 0 Å². The Labute approximate surface area is 186 Å². The molecule has 0 spiro atoms. The Morgan fingerprint density at radius 3 is 2.77 bits per heavy atom. The first-order chi connectivity index (χ1) is 14.1. The van der Waals surface area contributed by atoms with E-state index in [9.17, 15) is 23.1 Å². The number of sulfonamides is 1. The molecule has 1 aliphatic heterocycles. The number of hydrogen-bond donors (Lipinski definition) is 1. The largest absolute Gasteiger partial charge is 0.478 e. The van der Waals surface area contributed by atoms with E-state index in [4.69, 9.17) is 0 Å². The fourth-order valence-corrected chi connectivity index (χ4v) is 5.62. The average Bonchev–Trinajstić information content (AvgIpc) is 3.23. The van der Waals surface area contributed by atoms with Crippen molar-refractivity contribution in [1.82, 2.24) is 28.2 Å². The van der Waals surface area contributed by atoms with E-state index in [1.54, 1.807) is 17.8 Å². The van der Waals surface area contributed by atoms with Gasteiger partial charge in [-0.1, -0.05) is 0 Å². The zero-order valence-corrected chi connectivity index (χ0v) is 20.0. The van der Waals surface area contributed by atoms with Crippen molar-refractivity contribution in [3.63, 3.8) is 0 Å². The van der Waals surface area contributed by atoms with E-state index < -0.39 is 16.0 Å². The van der Waals surface area contributed by atoms with Crippen LogP contribution in [0.5, 0.6) is 0 Å². The summed E-state index contributed by atoms with van der Waals surface area (Å²) in [6.45, 7) is 0.475. The second kappa shape index (κ2) is 7.70. The molecule has 1 N–H and O–H groups in total. The Balaban J connectivity index is 1.80. The lowest BCUT2D eigenvalue weighted by molar-refractivity contribution is 0.0695. The van der Waals surface area contributed by atoms with Crippen molar-refractivity contribution >= 4 is 55.3 Å². The zero-order chi connectivity index (χ0) is 21.8. The second-order valence-corrected chi connectivity index (χ2v) is 11.1. The maximum absolute atomic E-state index is 13.2. The van der Waals surface area contributed by atoms with Crippen LogP contribution >= 0.6 is 28.4 Å². The van der Waals surface area contributed by atoms with E-state index in [1.165, 1.54) is 25.9 Å². The summed E-state index contributed by atoms with van der Waals surface area (Å²) in [4.78, 5) is 24.7. The molecule has 14 heteroatoms. The molecule has 0 amide bonds. The van der Waals surface area contributed by atoms with Gasteiger partial charge >= 0.3 is 5.97 Å². The standard InChI is InChI=1S/C16H18IN6O5PS/c1-20-13-8-21(30(2,27)28)4-3-9(13)10-5-18-22(15(24)14(10)20)7-12-11(16(25)26)6-23(19-12)29-17/h5-6,29H,3-4,7-8H2,1-2H3,(H,25,26). The van der Waals surface area contributed by atoms with Crippen LogP contribution in [0.15, 0.2) is 17.2 Å². The lowest BCUT2D eigenvalue weighted by atomic mass is 10.1. The third-order valence-corrected chi connectivity index (χ3v) is 8.38. The molecule has 11 nitrogen and oxygen atoms in total. The second-order valence-electron chi connectivity index (χ2n) is 7.02. The normalized spacial score (nSPS) is 15.3. The molecule has 3 aromatic rings. The van der Waals surface area contributed by atoms with Gasteiger partial charge in [0.15, 0.2) is 0 Å². The van der Waals surface area contributed by atoms with Crippen molar-refractivity contribution in [3.05, 3.63) is 45.3 Å². The Hall–Kier alpha value is -1.83. The predicted molar refractivity (Wildman–Crippen MR) is 120 cm³/mol. The number of aromatic nitrogens is 5. The molecular formula is C16H18IN6O5PS. The molecule has 3 aromatic heterocycles. The maximum Gasteiger partial charge on any atom is 0.339 e. The summed E-state index contributed by atoms with van der Waals surface area (Å²) in [6.07, 6.45) is 4.92. The predicted octanol–water partition coefficient (Wildman–Crippen LogP) is 0.787. The molecule has 0 fully saturated rings. The quantitative estimate of drug-likeness (QED) is 0.358. The highest BCUT2D eigenvalue weighted by molar-refractivity contribution is 14.2. The number of carboxylic acids is 1. The fraction of sp³-hybridized carbons (Fsp3) is 0.375. The van der Waals surface area contributed by atoms with Crippen molar-refractivity contribution in [2.75, 3.05) is 12.8 Å². The van der Waals surface area contributed by atoms with Gasteiger partial charge in [0.05, 0.1) is 37.6 Å². The van der Waals surface area contributed by atoms with Gasteiger partial charge in [-0.05, 0) is 34.0 Å². The third kappa shape index (κ3) is 3.57. The number of carboxylic acid groups (broad SMARTS) is 1. The van der Waals surface area contributed by atoms with Crippen LogP contribution in [0.2, 0.25) is 0 Å². The number of fused-ring (bicyclic) bond motifs is 3. The highest BCUT2D eigenvalue weighted by Crippen LogP contribution is 2.29. The molecule has 30 heavy (non-hydrogen) atoms. The van der Waals surface area contributed by atoms with E-state index in [2.05, 4.69) is 32.2 Å². The van der Waals surface area contributed by atoms with Gasteiger partial charge in [0.25, 0.3) is 5.56 Å². The Morgan fingerprint density at radius 2 is 2.13 bits per heavy atom. The van der Waals surface area contributed by atoms with Crippen LogP contribution in [0.3, 0.4) is 0 Å². The molecule has 0 bridgehead atoms. The molecule has 0 saturated carbocycles. The summed E-state index contributed by atoms with van der Waals surface area (Å²) in [5.41, 5.74) is 2.01. The third-order valence-electron chi connectivity index (χ3n) is 5.25. The minimum Gasteiger partial charge on any atom is -0.478 e. The first-order valence-corrected chi connectivity index (χ1v) is 14.7. The van der Waals surface area contributed by atoms with Gasteiger partial charge < -0.3 is 9.67 Å². The van der Waals surface area contributed by atoms with Gasteiger partial charge in [-0.3, -0.25) is 4.79 Å². The molecule has 0 aliphatic carbocycles. The van der Waals surface area contributed by atoms with Crippen molar-refractivity contribution in [2.24, 2.45) is 7.05 Å². The van der Waals surface area contributed by atoms with Crippen molar-refractivity contribution in [2.45, 2.75) is 19.5 Å². The highest BCUT2D eigenvalue weighted by Gasteiger charge is 2.29. The van der Waals surface area contributed by atoms with E-state index in [-0.39, 0.29) is 36.3 Å². The van der Waals surface area contributed by atoms with Crippen molar-refractivity contribution in [3.8, 4) is 0 Å². The topological polar surface area (TPSA) is 132 Å². The number of nitrogens with zero attached hydrogens (tertiary/aromatic N) is 6. The fourth-order valence-electron chi connectivity index (χ4n) is 3.77. The maximum atomic E-state index is 13.2. The molecule has 1 atom stereocenters. The Bertz CT molecular complexity index is 1340. The van der Waals surface area contributed by atoms with Gasteiger partial charge in [-0.25, -0.2) is 22.3 Å². The van der Waals surface area contributed by atoms with Crippen molar-refractivity contribution in [1.29, 1.82) is 0 Å². The van der Waals surface area contributed by atoms with Gasteiger partial charge in [-0.2, -0.15) is 14.5 Å². The molecule has 0 saturated heterocycles. The number of aromatic carboxylic acids is 1. The molecular weight excluding hydrogens is 546 g/mol. The smallest absolute Gasteiger partial charge is 0.339 e. The van der Waals surface area contributed by atoms with Gasteiger partial charge in [-0.15, -0.1) is 0 Å². The van der Waals surface area contributed by atoms with Crippen LogP contribution in [0.4, 0.5) is 0 Å². The number of halogens is 1. The molecule has 4 heterocycles. The summed E-state index contributed by atoms with van der Waals surface area (Å²) >= 11 is 2.09. The minimum atomic E-state index is -3.34. The molecule has 4 rings (SSSR count). The zero-order valence-electron chi connectivity index (χ0n) is 16.0. The van der Waals surface area contributed by atoms with Gasteiger partial charge in [0, 0.05) is 30.9 Å². The van der Waals surface area contributed by atoms with Crippen LogP contribution in [-0.2, 0) is 36.6 Å². The van der Waals surface area contributed by atoms with E-state index in [1.807, 2.05) is 0 Å².